The number of hydrogen-bond acceptors (Lipinski definition) is 2. The van der Waals surface area contributed by atoms with Gasteiger partial charge >= 0.3 is 0 Å². The molecule has 0 radical (unpaired) electrons. The van der Waals surface area contributed by atoms with E-state index in [1.165, 1.54) is 31.2 Å². The van der Waals surface area contributed by atoms with Crippen LogP contribution in [0.2, 0.25) is 0 Å². The first-order valence-electron chi connectivity index (χ1n) is 7.13. The standard InChI is InChI=1S/C16H27NO/c1-4-5-6-7-8-14-9-11-15(12-10-14)16(18)13(2)17-3/h9-13,16-18H,4-8H2,1-3H3. The van der Waals surface area contributed by atoms with Crippen molar-refractivity contribution in [3.8, 4) is 0 Å². The molecule has 2 heteroatoms. The number of hydrogen-bond donors (Lipinski definition) is 2. The molecule has 0 saturated heterocycles. The van der Waals surface area contributed by atoms with Gasteiger partial charge in [0.2, 0.25) is 0 Å². The molecule has 1 aromatic rings. The summed E-state index contributed by atoms with van der Waals surface area (Å²) in [6, 6.07) is 8.47. The molecule has 2 nitrogen and oxygen atoms in total. The number of aliphatic hydroxyl groups excluding tert-OH is 1. The summed E-state index contributed by atoms with van der Waals surface area (Å²) in [5.74, 6) is 0. The van der Waals surface area contributed by atoms with Gasteiger partial charge in [-0.05, 0) is 37.9 Å². The second kappa shape index (κ2) is 8.28. The quantitative estimate of drug-likeness (QED) is 0.692. The van der Waals surface area contributed by atoms with Gasteiger partial charge in [-0.25, -0.2) is 0 Å². The van der Waals surface area contributed by atoms with Crippen molar-refractivity contribution in [2.45, 2.75) is 58.1 Å². The Morgan fingerprint density at radius 3 is 2.33 bits per heavy atom. The van der Waals surface area contributed by atoms with Gasteiger partial charge in [0.1, 0.15) is 0 Å². The topological polar surface area (TPSA) is 32.3 Å². The number of nitrogens with one attached hydrogen (secondary N) is 1. The van der Waals surface area contributed by atoms with Crippen LogP contribution in [0.15, 0.2) is 24.3 Å². The van der Waals surface area contributed by atoms with Gasteiger partial charge in [-0.3, -0.25) is 0 Å². The summed E-state index contributed by atoms with van der Waals surface area (Å²) in [4.78, 5) is 0. The second-order valence-electron chi connectivity index (χ2n) is 5.07. The highest BCUT2D eigenvalue weighted by Crippen LogP contribution is 2.18. The van der Waals surface area contributed by atoms with Gasteiger partial charge in [-0.1, -0.05) is 50.5 Å². The van der Waals surface area contributed by atoms with Crippen LogP contribution < -0.4 is 5.32 Å². The molecule has 0 spiro atoms. The van der Waals surface area contributed by atoms with Crippen molar-refractivity contribution in [3.05, 3.63) is 35.4 Å². The predicted octanol–water partition coefficient (Wildman–Crippen LogP) is 3.45. The zero-order chi connectivity index (χ0) is 13.4. The van der Waals surface area contributed by atoms with E-state index < -0.39 is 6.10 Å². The van der Waals surface area contributed by atoms with Crippen LogP contribution in [0, 0.1) is 0 Å². The summed E-state index contributed by atoms with van der Waals surface area (Å²) in [6.07, 6.45) is 5.92. The Balaban J connectivity index is 2.47. The summed E-state index contributed by atoms with van der Waals surface area (Å²) >= 11 is 0. The molecular formula is C16H27NO. The van der Waals surface area contributed by atoms with Gasteiger partial charge in [0.05, 0.1) is 6.10 Å². The summed E-state index contributed by atoms with van der Waals surface area (Å²) in [7, 11) is 1.87. The number of rotatable bonds is 8. The van der Waals surface area contributed by atoms with Crippen molar-refractivity contribution in [2.24, 2.45) is 0 Å². The van der Waals surface area contributed by atoms with Crippen molar-refractivity contribution < 1.29 is 5.11 Å². The van der Waals surface area contributed by atoms with Crippen LogP contribution in [0.25, 0.3) is 0 Å². The smallest absolute Gasteiger partial charge is 0.0940 e. The highest BCUT2D eigenvalue weighted by molar-refractivity contribution is 5.25. The molecule has 1 aromatic carbocycles. The molecule has 0 amide bonds. The van der Waals surface area contributed by atoms with Gasteiger partial charge in [-0.15, -0.1) is 0 Å². The Kier molecular flexibility index (Phi) is 6.99. The lowest BCUT2D eigenvalue weighted by Gasteiger charge is -2.18. The monoisotopic (exact) mass is 249 g/mol. The van der Waals surface area contributed by atoms with Crippen molar-refractivity contribution in [1.82, 2.24) is 5.32 Å². The maximum Gasteiger partial charge on any atom is 0.0940 e. The summed E-state index contributed by atoms with van der Waals surface area (Å²) < 4.78 is 0. The number of unbranched alkanes of at least 4 members (excludes halogenated alkanes) is 3. The molecule has 0 aliphatic carbocycles. The van der Waals surface area contributed by atoms with Crippen molar-refractivity contribution in [2.75, 3.05) is 7.05 Å². The van der Waals surface area contributed by atoms with Crippen LogP contribution in [0.3, 0.4) is 0 Å². The highest BCUT2D eigenvalue weighted by atomic mass is 16.3. The van der Waals surface area contributed by atoms with Crippen LogP contribution >= 0.6 is 0 Å². The maximum atomic E-state index is 10.1. The maximum absolute atomic E-state index is 10.1. The Morgan fingerprint density at radius 2 is 1.78 bits per heavy atom. The molecule has 0 aliphatic heterocycles. The van der Waals surface area contributed by atoms with Gasteiger partial charge in [-0.2, -0.15) is 0 Å². The fourth-order valence-electron chi connectivity index (χ4n) is 2.08. The Labute approximate surface area is 111 Å². The Morgan fingerprint density at radius 1 is 1.11 bits per heavy atom. The normalized spacial score (nSPS) is 14.4. The molecule has 2 unspecified atom stereocenters. The van der Waals surface area contributed by atoms with E-state index in [9.17, 15) is 5.11 Å². The SMILES string of the molecule is CCCCCCc1ccc(C(O)C(C)NC)cc1. The fraction of sp³-hybridized carbons (Fsp3) is 0.625. The van der Waals surface area contributed by atoms with E-state index in [1.807, 2.05) is 26.1 Å². The minimum absolute atomic E-state index is 0.0837. The first-order chi connectivity index (χ1) is 8.69. The minimum atomic E-state index is -0.427. The highest BCUT2D eigenvalue weighted by Gasteiger charge is 2.13. The number of aliphatic hydroxyl groups is 1. The predicted molar refractivity (Wildman–Crippen MR) is 77.8 cm³/mol. The van der Waals surface area contributed by atoms with E-state index >= 15 is 0 Å². The van der Waals surface area contributed by atoms with Gasteiger partial charge in [0.15, 0.2) is 0 Å². The van der Waals surface area contributed by atoms with E-state index in [0.29, 0.717) is 0 Å². The second-order valence-corrected chi connectivity index (χ2v) is 5.07. The van der Waals surface area contributed by atoms with E-state index in [0.717, 1.165) is 12.0 Å². The van der Waals surface area contributed by atoms with E-state index in [-0.39, 0.29) is 6.04 Å². The largest absolute Gasteiger partial charge is 0.387 e. The van der Waals surface area contributed by atoms with Crippen LogP contribution in [0.4, 0.5) is 0 Å². The Hall–Kier alpha value is -0.860. The molecule has 0 heterocycles. The average Bonchev–Trinajstić information content (AvgIpc) is 2.42. The minimum Gasteiger partial charge on any atom is -0.387 e. The molecule has 0 saturated carbocycles. The summed E-state index contributed by atoms with van der Waals surface area (Å²) in [5.41, 5.74) is 2.37. The third-order valence-electron chi connectivity index (χ3n) is 3.57. The number of benzene rings is 1. The molecule has 0 aromatic heterocycles. The summed E-state index contributed by atoms with van der Waals surface area (Å²) in [6.45, 7) is 4.22. The molecule has 1 rings (SSSR count). The van der Waals surface area contributed by atoms with Crippen LogP contribution in [-0.2, 0) is 6.42 Å². The lowest BCUT2D eigenvalue weighted by molar-refractivity contribution is 0.140. The zero-order valence-electron chi connectivity index (χ0n) is 11.9. The molecular weight excluding hydrogens is 222 g/mol. The fourth-order valence-corrected chi connectivity index (χ4v) is 2.08. The van der Waals surface area contributed by atoms with Crippen LogP contribution in [0.5, 0.6) is 0 Å². The van der Waals surface area contributed by atoms with E-state index in [1.54, 1.807) is 0 Å². The average molecular weight is 249 g/mol. The number of likely N-dealkylation sites (N-methyl/N-ethyl adjacent to an activating group) is 1. The van der Waals surface area contributed by atoms with Crippen LogP contribution in [0.1, 0.15) is 56.8 Å². The molecule has 2 N–H and O–H groups in total. The van der Waals surface area contributed by atoms with Crippen molar-refractivity contribution in [1.29, 1.82) is 0 Å². The third kappa shape index (κ3) is 4.79. The zero-order valence-corrected chi connectivity index (χ0v) is 11.9. The van der Waals surface area contributed by atoms with Crippen LogP contribution in [-0.4, -0.2) is 18.2 Å². The van der Waals surface area contributed by atoms with Gasteiger partial charge in [0, 0.05) is 6.04 Å². The molecule has 102 valence electrons. The lowest BCUT2D eigenvalue weighted by atomic mass is 10.00. The van der Waals surface area contributed by atoms with E-state index in [2.05, 4.69) is 24.4 Å². The summed E-state index contributed by atoms with van der Waals surface area (Å²) in [5, 5.41) is 13.1. The van der Waals surface area contributed by atoms with Crippen molar-refractivity contribution >= 4 is 0 Å². The molecule has 18 heavy (non-hydrogen) atoms. The van der Waals surface area contributed by atoms with Gasteiger partial charge in [0.25, 0.3) is 0 Å². The molecule has 2 atom stereocenters. The molecule has 0 bridgehead atoms. The van der Waals surface area contributed by atoms with Crippen molar-refractivity contribution in [3.63, 3.8) is 0 Å². The van der Waals surface area contributed by atoms with E-state index in [4.69, 9.17) is 0 Å². The van der Waals surface area contributed by atoms with Gasteiger partial charge < -0.3 is 10.4 Å². The first kappa shape index (κ1) is 15.2. The number of aryl methyl sites for hydroxylation is 1. The Bertz CT molecular complexity index is 320. The lowest BCUT2D eigenvalue weighted by Crippen LogP contribution is -2.28. The third-order valence-corrected chi connectivity index (χ3v) is 3.57. The first-order valence-corrected chi connectivity index (χ1v) is 7.13. The molecule has 0 fully saturated rings. The molecule has 0 aliphatic rings.